The molecule has 0 atom stereocenters. The summed E-state index contributed by atoms with van der Waals surface area (Å²) in [5, 5.41) is 2.81. The van der Waals surface area contributed by atoms with Crippen LogP contribution < -0.4 is 14.8 Å². The van der Waals surface area contributed by atoms with Gasteiger partial charge in [-0.05, 0) is 43.5 Å². The predicted molar refractivity (Wildman–Crippen MR) is 111 cm³/mol. The Kier molecular flexibility index (Phi) is 6.44. The average Bonchev–Trinajstić information content (AvgIpc) is 2.75. The molecule has 0 unspecified atom stereocenters. The molecular weight excluding hydrogens is 392 g/mol. The van der Waals surface area contributed by atoms with E-state index in [0.29, 0.717) is 30.3 Å². The molecular formula is C21H26N2O5S. The zero-order valence-electron chi connectivity index (χ0n) is 16.9. The van der Waals surface area contributed by atoms with E-state index in [-0.39, 0.29) is 10.5 Å². The van der Waals surface area contributed by atoms with Gasteiger partial charge in [0.15, 0.2) is 11.5 Å². The molecule has 1 saturated heterocycles. The van der Waals surface area contributed by atoms with Gasteiger partial charge in [0.25, 0.3) is 5.91 Å². The van der Waals surface area contributed by atoms with Gasteiger partial charge in [-0.15, -0.1) is 0 Å². The van der Waals surface area contributed by atoms with Crippen molar-refractivity contribution in [3.05, 3.63) is 47.5 Å². The number of benzene rings is 2. The van der Waals surface area contributed by atoms with E-state index in [4.69, 9.17) is 9.47 Å². The summed E-state index contributed by atoms with van der Waals surface area (Å²) in [5.74, 6) is 0.537. The number of rotatable bonds is 6. The molecule has 2 aromatic carbocycles. The molecule has 156 valence electrons. The predicted octanol–water partition coefficient (Wildman–Crippen LogP) is 3.44. The van der Waals surface area contributed by atoms with Gasteiger partial charge in [0, 0.05) is 24.8 Å². The van der Waals surface area contributed by atoms with Gasteiger partial charge >= 0.3 is 0 Å². The number of piperidine rings is 1. The lowest BCUT2D eigenvalue weighted by Crippen LogP contribution is -2.36. The molecule has 0 aromatic heterocycles. The summed E-state index contributed by atoms with van der Waals surface area (Å²) in [6.07, 6.45) is 2.68. The van der Waals surface area contributed by atoms with Crippen LogP contribution in [0.2, 0.25) is 0 Å². The van der Waals surface area contributed by atoms with Crippen molar-refractivity contribution in [3.63, 3.8) is 0 Å². The van der Waals surface area contributed by atoms with Gasteiger partial charge in [-0.3, -0.25) is 4.79 Å². The number of nitrogens with zero attached hydrogens (tertiary/aromatic N) is 1. The van der Waals surface area contributed by atoms with Gasteiger partial charge in [0.05, 0.1) is 24.7 Å². The lowest BCUT2D eigenvalue weighted by molar-refractivity contribution is 0.102. The largest absolute Gasteiger partial charge is 0.493 e. The van der Waals surface area contributed by atoms with E-state index in [1.165, 1.54) is 30.7 Å². The summed E-state index contributed by atoms with van der Waals surface area (Å²) in [6.45, 7) is 2.79. The molecule has 2 aromatic rings. The van der Waals surface area contributed by atoms with Crippen LogP contribution in [-0.4, -0.2) is 45.9 Å². The van der Waals surface area contributed by atoms with Crippen molar-refractivity contribution in [1.29, 1.82) is 0 Å². The first-order chi connectivity index (χ1) is 13.9. The molecule has 0 bridgehead atoms. The molecule has 0 aliphatic carbocycles. The van der Waals surface area contributed by atoms with E-state index in [1.807, 2.05) is 6.92 Å². The summed E-state index contributed by atoms with van der Waals surface area (Å²) >= 11 is 0. The number of sulfonamides is 1. The second kappa shape index (κ2) is 8.84. The highest BCUT2D eigenvalue weighted by atomic mass is 32.2. The standard InChI is InChI=1S/C21H26N2O5S/c1-15-13-18(27-2)19(28-3)14-17(15)22-21(24)16-9-5-6-10-20(16)29(25,26)23-11-7-4-8-12-23/h5-6,9-10,13-14H,4,7-8,11-12H2,1-3H3,(H,22,24). The van der Waals surface area contributed by atoms with Gasteiger partial charge in [-0.1, -0.05) is 18.6 Å². The van der Waals surface area contributed by atoms with Crippen molar-refractivity contribution in [2.75, 3.05) is 32.6 Å². The maximum Gasteiger partial charge on any atom is 0.257 e. The zero-order valence-corrected chi connectivity index (χ0v) is 17.7. The molecule has 7 nitrogen and oxygen atoms in total. The van der Waals surface area contributed by atoms with Crippen molar-refractivity contribution in [1.82, 2.24) is 4.31 Å². The fraction of sp³-hybridized carbons (Fsp3) is 0.381. The maximum atomic E-state index is 13.1. The van der Waals surface area contributed by atoms with E-state index in [0.717, 1.165) is 24.8 Å². The minimum atomic E-state index is -3.74. The molecule has 8 heteroatoms. The Morgan fingerprint density at radius 2 is 1.62 bits per heavy atom. The molecule has 1 amide bonds. The Balaban J connectivity index is 1.93. The second-order valence-electron chi connectivity index (χ2n) is 6.94. The van der Waals surface area contributed by atoms with Gasteiger partial charge in [-0.25, -0.2) is 8.42 Å². The fourth-order valence-corrected chi connectivity index (χ4v) is 5.13. The number of amides is 1. The molecule has 1 fully saturated rings. The topological polar surface area (TPSA) is 84.9 Å². The summed E-state index contributed by atoms with van der Waals surface area (Å²) in [6, 6.07) is 9.72. The minimum absolute atomic E-state index is 0.0255. The average molecular weight is 419 g/mol. The molecule has 1 N–H and O–H groups in total. The third-order valence-electron chi connectivity index (χ3n) is 5.04. The Morgan fingerprint density at radius 3 is 2.28 bits per heavy atom. The van der Waals surface area contributed by atoms with E-state index in [9.17, 15) is 13.2 Å². The van der Waals surface area contributed by atoms with Crippen molar-refractivity contribution in [2.24, 2.45) is 0 Å². The number of methoxy groups -OCH3 is 2. The first kappa shape index (κ1) is 21.1. The summed E-state index contributed by atoms with van der Waals surface area (Å²) < 4.78 is 38.3. The number of hydrogen-bond acceptors (Lipinski definition) is 5. The van der Waals surface area contributed by atoms with Crippen LogP contribution in [-0.2, 0) is 10.0 Å². The fourth-order valence-electron chi connectivity index (χ4n) is 3.43. The van der Waals surface area contributed by atoms with Gasteiger partial charge in [-0.2, -0.15) is 4.31 Å². The molecule has 0 radical (unpaired) electrons. The SMILES string of the molecule is COc1cc(C)c(NC(=O)c2ccccc2S(=O)(=O)N2CCCCC2)cc1OC. The van der Waals surface area contributed by atoms with Gasteiger partial charge in [0.2, 0.25) is 10.0 Å². The summed E-state index contributed by atoms with van der Waals surface area (Å²) in [5.41, 5.74) is 1.41. The monoisotopic (exact) mass is 418 g/mol. The van der Waals surface area contributed by atoms with Crippen molar-refractivity contribution < 1.29 is 22.7 Å². The molecule has 3 rings (SSSR count). The molecule has 29 heavy (non-hydrogen) atoms. The Labute approximate surface area is 171 Å². The van der Waals surface area contributed by atoms with Gasteiger partial charge in [0.1, 0.15) is 0 Å². The molecule has 0 saturated carbocycles. The zero-order chi connectivity index (χ0) is 21.0. The molecule has 1 aliphatic rings. The number of carbonyl (C=O) groups is 1. The highest BCUT2D eigenvalue weighted by molar-refractivity contribution is 7.89. The lowest BCUT2D eigenvalue weighted by atomic mass is 10.1. The minimum Gasteiger partial charge on any atom is -0.493 e. The van der Waals surface area contributed by atoms with Gasteiger partial charge < -0.3 is 14.8 Å². The quantitative estimate of drug-likeness (QED) is 0.777. The van der Waals surface area contributed by atoms with Crippen LogP contribution in [0.15, 0.2) is 41.3 Å². The van der Waals surface area contributed by atoms with Crippen molar-refractivity contribution in [2.45, 2.75) is 31.1 Å². The van der Waals surface area contributed by atoms with Crippen LogP contribution in [0, 0.1) is 6.92 Å². The normalized spacial score (nSPS) is 15.0. The van der Waals surface area contributed by atoms with Crippen molar-refractivity contribution >= 4 is 21.6 Å². The van der Waals surface area contributed by atoms with E-state index in [2.05, 4.69) is 5.32 Å². The first-order valence-electron chi connectivity index (χ1n) is 9.51. The third-order valence-corrected chi connectivity index (χ3v) is 7.00. The molecule has 1 heterocycles. The second-order valence-corrected chi connectivity index (χ2v) is 8.84. The number of aryl methyl sites for hydroxylation is 1. The Bertz CT molecular complexity index is 998. The van der Waals surface area contributed by atoms with E-state index >= 15 is 0 Å². The molecule has 0 spiro atoms. The van der Waals surface area contributed by atoms with E-state index < -0.39 is 15.9 Å². The lowest BCUT2D eigenvalue weighted by Gasteiger charge is -2.26. The van der Waals surface area contributed by atoms with E-state index in [1.54, 1.807) is 24.3 Å². The Morgan fingerprint density at radius 1 is 1.00 bits per heavy atom. The van der Waals surface area contributed by atoms with Crippen LogP contribution in [0.1, 0.15) is 35.2 Å². The smallest absolute Gasteiger partial charge is 0.257 e. The summed E-state index contributed by atoms with van der Waals surface area (Å²) in [4.78, 5) is 13.0. The molecule has 1 aliphatic heterocycles. The van der Waals surface area contributed by atoms with Crippen molar-refractivity contribution in [3.8, 4) is 11.5 Å². The number of hydrogen-bond donors (Lipinski definition) is 1. The Hall–Kier alpha value is -2.58. The van der Waals surface area contributed by atoms with Crippen LogP contribution in [0.25, 0.3) is 0 Å². The highest BCUT2D eigenvalue weighted by Crippen LogP contribution is 2.33. The van der Waals surface area contributed by atoms with Crippen LogP contribution >= 0.6 is 0 Å². The number of anilines is 1. The maximum absolute atomic E-state index is 13.1. The number of carbonyl (C=O) groups excluding carboxylic acids is 1. The van der Waals surface area contributed by atoms with Crippen LogP contribution in [0.3, 0.4) is 0 Å². The van der Waals surface area contributed by atoms with Crippen LogP contribution in [0.5, 0.6) is 11.5 Å². The third kappa shape index (κ3) is 4.38. The summed E-state index contributed by atoms with van der Waals surface area (Å²) in [7, 11) is -0.684. The number of ether oxygens (including phenoxy) is 2. The number of nitrogens with one attached hydrogen (secondary N) is 1. The first-order valence-corrected chi connectivity index (χ1v) is 11.0. The highest BCUT2D eigenvalue weighted by Gasteiger charge is 2.30. The van der Waals surface area contributed by atoms with Crippen LogP contribution in [0.4, 0.5) is 5.69 Å².